The molecule has 0 unspecified atom stereocenters. The highest BCUT2D eigenvalue weighted by molar-refractivity contribution is 7.09. The lowest BCUT2D eigenvalue weighted by Crippen LogP contribution is -2.48. The highest BCUT2D eigenvalue weighted by Gasteiger charge is 2.27. The van der Waals surface area contributed by atoms with Gasteiger partial charge in [0, 0.05) is 23.4 Å². The molecule has 0 radical (unpaired) electrons. The van der Waals surface area contributed by atoms with Gasteiger partial charge in [0.2, 0.25) is 5.91 Å². The van der Waals surface area contributed by atoms with E-state index in [2.05, 4.69) is 22.6 Å². The second-order valence-electron chi connectivity index (χ2n) is 9.32. The minimum Gasteiger partial charge on any atom is -0.453 e. The number of rotatable bonds is 11. The largest absolute Gasteiger partial charge is 0.453 e. The third kappa shape index (κ3) is 8.60. The molecule has 198 valence electrons. The monoisotopic (exact) mass is 522 g/mol. The molecule has 1 fully saturated rings. The summed E-state index contributed by atoms with van der Waals surface area (Å²) in [7, 11) is 1.28. The number of benzene rings is 1. The van der Waals surface area contributed by atoms with E-state index in [9.17, 15) is 9.59 Å². The van der Waals surface area contributed by atoms with Gasteiger partial charge in [0.15, 0.2) is 0 Å². The minimum atomic E-state index is -0.832. The zero-order valence-corrected chi connectivity index (χ0v) is 22.6. The molecular weight excluding hydrogens is 484 g/mol. The van der Waals surface area contributed by atoms with Crippen LogP contribution in [0, 0.1) is 0 Å². The first kappa shape index (κ1) is 28.2. The van der Waals surface area contributed by atoms with E-state index < -0.39 is 12.1 Å². The zero-order chi connectivity index (χ0) is 26.6. The van der Waals surface area contributed by atoms with Gasteiger partial charge in [-0.2, -0.15) is 0 Å². The summed E-state index contributed by atoms with van der Waals surface area (Å²) in [6, 6.07) is 6.45. The first-order valence-corrected chi connectivity index (χ1v) is 13.7. The smallest absolute Gasteiger partial charge is 0.407 e. The number of nitrogens with two attached hydrogens (primary N) is 1. The van der Waals surface area contributed by atoms with Crippen LogP contribution in [0.4, 0.5) is 10.5 Å². The number of nitrogens with zero attached hydrogens (tertiary/aromatic N) is 1. The molecule has 0 saturated heterocycles. The van der Waals surface area contributed by atoms with Crippen LogP contribution < -0.4 is 16.4 Å². The van der Waals surface area contributed by atoms with E-state index in [1.165, 1.54) is 26.4 Å². The van der Waals surface area contributed by atoms with Crippen molar-refractivity contribution in [3.8, 4) is 0 Å². The van der Waals surface area contributed by atoms with Crippen LogP contribution in [0.2, 0.25) is 0 Å². The van der Waals surface area contributed by atoms with Crippen LogP contribution in [0.5, 0.6) is 0 Å². The van der Waals surface area contributed by atoms with E-state index in [-0.39, 0.29) is 18.4 Å². The number of amides is 2. The van der Waals surface area contributed by atoms with Crippen LogP contribution in [0.25, 0.3) is 0 Å². The Bertz CT molecular complexity index is 1100. The molecule has 1 heterocycles. The highest BCUT2D eigenvalue weighted by Crippen LogP contribution is 2.34. The predicted molar refractivity (Wildman–Crippen MR) is 150 cm³/mol. The lowest BCUT2D eigenvalue weighted by Gasteiger charge is -2.23. The SMILES string of the molecule is C=C/C=C(\C=C/C)C[C@H](NC(=O)OC)C(=O)N[C@@H](Cc1ccc(N)cc1)c1nc(C2CCCCC2)cs1. The Morgan fingerprint density at radius 1 is 1.22 bits per heavy atom. The summed E-state index contributed by atoms with van der Waals surface area (Å²) in [5, 5.41) is 8.84. The van der Waals surface area contributed by atoms with Crippen LogP contribution >= 0.6 is 11.3 Å². The summed E-state index contributed by atoms with van der Waals surface area (Å²) in [5.74, 6) is 0.174. The topological polar surface area (TPSA) is 106 Å². The second kappa shape index (κ2) is 14.4. The third-order valence-corrected chi connectivity index (χ3v) is 7.52. The second-order valence-corrected chi connectivity index (χ2v) is 10.2. The molecule has 4 N–H and O–H groups in total. The molecule has 2 amide bonds. The highest BCUT2D eigenvalue weighted by atomic mass is 32.1. The maximum atomic E-state index is 13.6. The van der Waals surface area contributed by atoms with Crippen molar-refractivity contribution in [3.05, 3.63) is 82.4 Å². The summed E-state index contributed by atoms with van der Waals surface area (Å²) >= 11 is 1.58. The Kier molecular flexibility index (Phi) is 11.0. The molecule has 0 spiro atoms. The van der Waals surface area contributed by atoms with Crippen molar-refractivity contribution in [2.24, 2.45) is 0 Å². The number of aromatic nitrogens is 1. The fourth-order valence-corrected chi connectivity index (χ4v) is 5.56. The molecule has 2 aromatic rings. The molecule has 2 atom stereocenters. The average Bonchev–Trinajstić information content (AvgIpc) is 3.40. The fourth-order valence-electron chi connectivity index (χ4n) is 4.61. The first-order valence-electron chi connectivity index (χ1n) is 12.8. The van der Waals surface area contributed by atoms with Crippen molar-refractivity contribution in [2.45, 2.75) is 69.9 Å². The number of hydrogen-bond acceptors (Lipinski definition) is 6. The number of hydrogen-bond donors (Lipinski definition) is 3. The fraction of sp³-hybridized carbons (Fsp3) is 0.414. The van der Waals surface area contributed by atoms with Gasteiger partial charge < -0.3 is 21.1 Å². The van der Waals surface area contributed by atoms with Gasteiger partial charge in [0.05, 0.1) is 18.8 Å². The number of methoxy groups -OCH3 is 1. The lowest BCUT2D eigenvalue weighted by molar-refractivity contribution is -0.123. The number of anilines is 1. The van der Waals surface area contributed by atoms with Gasteiger partial charge in [-0.3, -0.25) is 4.79 Å². The maximum absolute atomic E-state index is 13.6. The molecule has 0 aliphatic heterocycles. The number of nitrogen functional groups attached to an aromatic ring is 1. The van der Waals surface area contributed by atoms with E-state index in [4.69, 9.17) is 15.5 Å². The van der Waals surface area contributed by atoms with Gasteiger partial charge in [0.25, 0.3) is 0 Å². The zero-order valence-electron chi connectivity index (χ0n) is 21.7. The van der Waals surface area contributed by atoms with Crippen LogP contribution in [-0.4, -0.2) is 30.1 Å². The Labute approximate surface area is 223 Å². The molecule has 8 heteroatoms. The minimum absolute atomic E-state index is 0.289. The van der Waals surface area contributed by atoms with Crippen molar-refractivity contribution in [3.63, 3.8) is 0 Å². The normalized spacial score (nSPS) is 16.2. The van der Waals surface area contributed by atoms with Gasteiger partial charge in [-0.05, 0) is 49.5 Å². The molecule has 1 aromatic heterocycles. The molecule has 1 aliphatic carbocycles. The van der Waals surface area contributed by atoms with Gasteiger partial charge >= 0.3 is 6.09 Å². The van der Waals surface area contributed by atoms with Crippen molar-refractivity contribution in [1.82, 2.24) is 15.6 Å². The number of thiazole rings is 1. The molecule has 1 saturated carbocycles. The number of alkyl carbamates (subject to hydrolysis) is 1. The summed E-state index contributed by atoms with van der Waals surface area (Å²) in [4.78, 5) is 30.6. The number of nitrogens with one attached hydrogen (secondary N) is 2. The maximum Gasteiger partial charge on any atom is 0.407 e. The van der Waals surface area contributed by atoms with Crippen molar-refractivity contribution < 1.29 is 14.3 Å². The molecule has 3 rings (SSSR count). The third-order valence-electron chi connectivity index (χ3n) is 6.54. The quantitative estimate of drug-likeness (QED) is 0.249. The summed E-state index contributed by atoms with van der Waals surface area (Å²) in [5.41, 5.74) is 9.58. The molecule has 7 nitrogen and oxygen atoms in total. The van der Waals surface area contributed by atoms with Crippen LogP contribution in [-0.2, 0) is 16.0 Å². The number of carbonyl (C=O) groups is 2. The molecule has 1 aromatic carbocycles. The Morgan fingerprint density at radius 2 is 1.95 bits per heavy atom. The summed E-state index contributed by atoms with van der Waals surface area (Å²) in [6.45, 7) is 5.65. The van der Waals surface area contributed by atoms with Crippen molar-refractivity contribution in [1.29, 1.82) is 0 Å². The van der Waals surface area contributed by atoms with Crippen molar-refractivity contribution >= 4 is 29.0 Å². The summed E-state index contributed by atoms with van der Waals surface area (Å²) in [6.07, 6.45) is 13.5. The number of allylic oxidation sites excluding steroid dienone is 4. The van der Waals surface area contributed by atoms with Gasteiger partial charge in [-0.15, -0.1) is 11.3 Å². The molecule has 37 heavy (non-hydrogen) atoms. The van der Waals surface area contributed by atoms with E-state index >= 15 is 0 Å². The number of ether oxygens (including phenoxy) is 1. The van der Waals surface area contributed by atoms with Gasteiger partial charge in [-0.25, -0.2) is 9.78 Å². The Hall–Kier alpha value is -3.39. The first-order chi connectivity index (χ1) is 17.9. The average molecular weight is 523 g/mol. The summed E-state index contributed by atoms with van der Waals surface area (Å²) < 4.78 is 4.79. The van der Waals surface area contributed by atoms with E-state index in [0.29, 0.717) is 18.0 Å². The molecule has 1 aliphatic rings. The van der Waals surface area contributed by atoms with Crippen LogP contribution in [0.1, 0.15) is 73.7 Å². The van der Waals surface area contributed by atoms with Crippen LogP contribution in [0.15, 0.2) is 66.1 Å². The molecular formula is C29H38N4O3S. The van der Waals surface area contributed by atoms with Gasteiger partial charge in [-0.1, -0.05) is 62.3 Å². The van der Waals surface area contributed by atoms with E-state index in [1.54, 1.807) is 17.4 Å². The Balaban J connectivity index is 1.86. The van der Waals surface area contributed by atoms with E-state index in [1.807, 2.05) is 49.4 Å². The predicted octanol–water partition coefficient (Wildman–Crippen LogP) is 5.98. The van der Waals surface area contributed by atoms with Gasteiger partial charge in [0.1, 0.15) is 11.0 Å². The standard InChI is InChI=1S/C29H38N4O3S/c1-4-9-20(10-5-2)17-24(33-29(35)36-3)27(34)31-25(18-21-13-15-23(30)16-14-21)28-32-26(19-37-28)22-11-7-6-8-12-22/h4-5,9-10,13-16,19,22,24-25H,1,6-8,11-12,17-18,30H2,2-3H3,(H,31,34)(H,33,35)/b10-5-,20-9+/t24-,25-/m0/s1. The van der Waals surface area contributed by atoms with Crippen molar-refractivity contribution in [2.75, 3.05) is 12.8 Å². The number of carbonyl (C=O) groups excluding carboxylic acids is 2. The molecule has 0 bridgehead atoms. The van der Waals surface area contributed by atoms with Crippen LogP contribution in [0.3, 0.4) is 0 Å². The lowest BCUT2D eigenvalue weighted by atomic mass is 9.87. The Morgan fingerprint density at radius 3 is 2.59 bits per heavy atom. The van der Waals surface area contributed by atoms with E-state index in [0.717, 1.165) is 34.7 Å².